The summed E-state index contributed by atoms with van der Waals surface area (Å²) in [5, 5.41) is 0. The lowest BCUT2D eigenvalue weighted by molar-refractivity contribution is 0.977. The van der Waals surface area contributed by atoms with Gasteiger partial charge in [0, 0.05) is 0 Å². The minimum atomic E-state index is -0.763. The summed E-state index contributed by atoms with van der Waals surface area (Å²) in [5.74, 6) is 0. The van der Waals surface area contributed by atoms with E-state index in [1.54, 1.807) is 6.92 Å². The second-order valence-corrected chi connectivity index (χ2v) is 3.96. The Labute approximate surface area is 70.8 Å². The lowest BCUT2D eigenvalue weighted by Gasteiger charge is -2.12. The van der Waals surface area contributed by atoms with E-state index in [1.165, 1.54) is 0 Å². The molecule has 2 heteroatoms. The molecule has 0 aliphatic carbocycles. The van der Waals surface area contributed by atoms with Crippen molar-refractivity contribution in [3.63, 3.8) is 0 Å². The zero-order valence-corrected chi connectivity index (χ0v) is 7.15. The Morgan fingerprint density at radius 2 is 1.60 bits per heavy atom. The van der Waals surface area contributed by atoms with E-state index < -0.39 is 4.33 Å². The fourth-order valence-corrected chi connectivity index (χ4v) is 0.983. The SMILES string of the molecule is CC(Cl)(Cl)c1ccccc1. The minimum absolute atomic E-state index is 0.763. The van der Waals surface area contributed by atoms with E-state index in [9.17, 15) is 0 Å². The monoisotopic (exact) mass is 174 g/mol. The molecule has 10 heavy (non-hydrogen) atoms. The summed E-state index contributed by atoms with van der Waals surface area (Å²) in [7, 11) is 0. The normalized spacial score (nSPS) is 11.5. The second kappa shape index (κ2) is 2.81. The average molecular weight is 175 g/mol. The number of rotatable bonds is 1. The van der Waals surface area contributed by atoms with Crippen molar-refractivity contribution in [2.24, 2.45) is 0 Å². The first-order valence-corrected chi connectivity index (χ1v) is 3.79. The molecule has 0 N–H and O–H groups in total. The maximum atomic E-state index is 5.82. The summed E-state index contributed by atoms with van der Waals surface area (Å²) in [6.45, 7) is 1.76. The third-order valence-electron chi connectivity index (χ3n) is 1.28. The van der Waals surface area contributed by atoms with Crippen LogP contribution >= 0.6 is 23.2 Å². The van der Waals surface area contributed by atoms with Crippen LogP contribution in [0, 0.1) is 0 Å². The van der Waals surface area contributed by atoms with Crippen LogP contribution in [0.1, 0.15) is 12.5 Å². The summed E-state index contributed by atoms with van der Waals surface area (Å²) in [4.78, 5) is 0. The van der Waals surface area contributed by atoms with Crippen LogP contribution in [0.3, 0.4) is 0 Å². The predicted molar refractivity (Wildman–Crippen MR) is 45.5 cm³/mol. The van der Waals surface area contributed by atoms with E-state index in [4.69, 9.17) is 23.2 Å². The van der Waals surface area contributed by atoms with Gasteiger partial charge in [0.1, 0.15) is 4.33 Å². The van der Waals surface area contributed by atoms with E-state index in [0.29, 0.717) is 0 Å². The number of halogens is 2. The molecule has 0 atom stereocenters. The van der Waals surface area contributed by atoms with Crippen LogP contribution in [0.2, 0.25) is 0 Å². The lowest BCUT2D eigenvalue weighted by Crippen LogP contribution is -2.02. The highest BCUT2D eigenvalue weighted by Gasteiger charge is 2.17. The zero-order chi connectivity index (χ0) is 7.61. The van der Waals surface area contributed by atoms with E-state index >= 15 is 0 Å². The van der Waals surface area contributed by atoms with Crippen molar-refractivity contribution in [3.05, 3.63) is 35.9 Å². The van der Waals surface area contributed by atoms with Gasteiger partial charge in [0.2, 0.25) is 0 Å². The highest BCUT2D eigenvalue weighted by molar-refractivity contribution is 6.47. The molecular weight excluding hydrogens is 167 g/mol. The standard InChI is InChI=1S/C8H8Cl2/c1-8(9,10)7-5-3-2-4-6-7/h2-6H,1H3. The topological polar surface area (TPSA) is 0 Å². The van der Waals surface area contributed by atoms with Gasteiger partial charge in [-0.2, -0.15) is 0 Å². The fourth-order valence-electron chi connectivity index (χ4n) is 0.731. The van der Waals surface area contributed by atoms with Gasteiger partial charge in [0.05, 0.1) is 0 Å². The van der Waals surface area contributed by atoms with Gasteiger partial charge in [-0.3, -0.25) is 0 Å². The first kappa shape index (κ1) is 7.90. The van der Waals surface area contributed by atoms with Crippen molar-refractivity contribution in [3.8, 4) is 0 Å². The van der Waals surface area contributed by atoms with E-state index in [0.717, 1.165) is 5.56 Å². The van der Waals surface area contributed by atoms with Gasteiger partial charge >= 0.3 is 0 Å². The number of hydrogen-bond acceptors (Lipinski definition) is 0. The Morgan fingerprint density at radius 3 is 1.90 bits per heavy atom. The van der Waals surface area contributed by atoms with Crippen LogP contribution in [0.5, 0.6) is 0 Å². The summed E-state index contributed by atoms with van der Waals surface area (Å²) in [5.41, 5.74) is 0.929. The minimum Gasteiger partial charge on any atom is -0.0966 e. The van der Waals surface area contributed by atoms with Crippen molar-refractivity contribution in [2.75, 3.05) is 0 Å². The third-order valence-corrected chi connectivity index (χ3v) is 1.72. The highest BCUT2D eigenvalue weighted by atomic mass is 35.5. The molecule has 1 aromatic rings. The van der Waals surface area contributed by atoms with Crippen molar-refractivity contribution in [1.29, 1.82) is 0 Å². The fraction of sp³-hybridized carbons (Fsp3) is 0.250. The Morgan fingerprint density at radius 1 is 1.10 bits per heavy atom. The van der Waals surface area contributed by atoms with Crippen molar-refractivity contribution in [2.45, 2.75) is 11.3 Å². The molecule has 0 fully saturated rings. The third kappa shape index (κ3) is 1.89. The maximum absolute atomic E-state index is 5.82. The van der Waals surface area contributed by atoms with Gasteiger partial charge in [-0.1, -0.05) is 53.5 Å². The molecule has 0 saturated heterocycles. The van der Waals surface area contributed by atoms with Gasteiger partial charge < -0.3 is 0 Å². The molecular formula is C8H8Cl2. The first-order chi connectivity index (χ1) is 4.61. The smallest absolute Gasteiger partial charge is 0.0966 e. The van der Waals surface area contributed by atoms with Crippen LogP contribution < -0.4 is 0 Å². The number of alkyl halides is 2. The van der Waals surface area contributed by atoms with Crippen LogP contribution in [0.25, 0.3) is 0 Å². The molecule has 0 aromatic heterocycles. The molecule has 0 aliphatic heterocycles. The Hall–Kier alpha value is -0.200. The molecule has 0 unspecified atom stereocenters. The van der Waals surface area contributed by atoms with Crippen LogP contribution in [0.15, 0.2) is 30.3 Å². The molecule has 1 aromatic carbocycles. The molecule has 0 spiro atoms. The lowest BCUT2D eigenvalue weighted by atomic mass is 10.2. The Balaban J connectivity index is 2.97. The molecule has 0 saturated carbocycles. The van der Waals surface area contributed by atoms with E-state index in [2.05, 4.69) is 0 Å². The summed E-state index contributed by atoms with van der Waals surface area (Å²) < 4.78 is -0.763. The number of benzene rings is 1. The van der Waals surface area contributed by atoms with Crippen LogP contribution in [0.4, 0.5) is 0 Å². The van der Waals surface area contributed by atoms with Crippen LogP contribution in [-0.2, 0) is 4.33 Å². The second-order valence-electron chi connectivity index (χ2n) is 2.25. The molecule has 1 rings (SSSR count). The molecule has 0 radical (unpaired) electrons. The molecule has 0 aliphatic rings. The molecule has 0 nitrogen and oxygen atoms in total. The van der Waals surface area contributed by atoms with Crippen LogP contribution in [-0.4, -0.2) is 0 Å². The zero-order valence-electron chi connectivity index (χ0n) is 5.64. The first-order valence-electron chi connectivity index (χ1n) is 3.04. The summed E-state index contributed by atoms with van der Waals surface area (Å²) in [6.07, 6.45) is 0. The van der Waals surface area contributed by atoms with E-state index in [1.807, 2.05) is 30.3 Å². The van der Waals surface area contributed by atoms with Crippen molar-refractivity contribution < 1.29 is 0 Å². The molecule has 0 bridgehead atoms. The largest absolute Gasteiger partial charge is 0.140 e. The van der Waals surface area contributed by atoms with E-state index in [-0.39, 0.29) is 0 Å². The quantitative estimate of drug-likeness (QED) is 0.574. The van der Waals surface area contributed by atoms with Gasteiger partial charge in [0.25, 0.3) is 0 Å². The molecule has 0 heterocycles. The molecule has 54 valence electrons. The average Bonchev–Trinajstić information content (AvgIpc) is 1.88. The van der Waals surface area contributed by atoms with Gasteiger partial charge in [0.15, 0.2) is 0 Å². The predicted octanol–water partition coefficient (Wildman–Crippen LogP) is 3.34. The molecule has 0 amide bonds. The van der Waals surface area contributed by atoms with Gasteiger partial charge in [-0.25, -0.2) is 0 Å². The maximum Gasteiger partial charge on any atom is 0.140 e. The van der Waals surface area contributed by atoms with Gasteiger partial charge in [-0.05, 0) is 12.5 Å². The van der Waals surface area contributed by atoms with Gasteiger partial charge in [-0.15, -0.1) is 0 Å². The summed E-state index contributed by atoms with van der Waals surface area (Å²) >= 11 is 11.6. The Bertz CT molecular complexity index is 198. The summed E-state index contributed by atoms with van der Waals surface area (Å²) in [6, 6.07) is 9.57. The highest BCUT2D eigenvalue weighted by Crippen LogP contribution is 2.32. The Kier molecular flexibility index (Phi) is 2.22. The number of hydrogen-bond donors (Lipinski definition) is 0. The van der Waals surface area contributed by atoms with Crippen molar-refractivity contribution >= 4 is 23.2 Å². The van der Waals surface area contributed by atoms with Crippen molar-refractivity contribution in [1.82, 2.24) is 0 Å².